The molecule has 1 heterocycles. The summed E-state index contributed by atoms with van der Waals surface area (Å²) in [6.45, 7) is 1.97. The Hall–Kier alpha value is -0.630. The van der Waals surface area contributed by atoms with Crippen molar-refractivity contribution < 1.29 is 8.42 Å². The van der Waals surface area contributed by atoms with Crippen LogP contribution in [0.1, 0.15) is 6.92 Å². The maximum absolute atomic E-state index is 11.6. The van der Waals surface area contributed by atoms with Crippen LogP contribution in [-0.4, -0.2) is 30.8 Å². The van der Waals surface area contributed by atoms with Gasteiger partial charge in [0, 0.05) is 25.8 Å². The molecule has 1 rings (SSSR count). The van der Waals surface area contributed by atoms with E-state index >= 15 is 0 Å². The van der Waals surface area contributed by atoms with Gasteiger partial charge in [0.25, 0.3) is 0 Å². The van der Waals surface area contributed by atoms with Crippen molar-refractivity contribution in [1.82, 2.24) is 14.5 Å². The average molecular weight is 255 g/mol. The number of rotatable bonds is 4. The molecule has 0 fully saturated rings. The Morgan fingerprint density at radius 1 is 1.67 bits per heavy atom. The van der Waals surface area contributed by atoms with E-state index in [-0.39, 0.29) is 29.9 Å². The molecule has 3 N–H and O–H groups in total. The van der Waals surface area contributed by atoms with Gasteiger partial charge in [-0.25, -0.2) is 13.1 Å². The molecule has 0 spiro atoms. The van der Waals surface area contributed by atoms with E-state index in [2.05, 4.69) is 9.82 Å². The Bertz CT molecular complexity index is 403. The van der Waals surface area contributed by atoms with Gasteiger partial charge in [-0.15, -0.1) is 12.4 Å². The third-order valence-electron chi connectivity index (χ3n) is 1.70. The SMILES string of the molecule is C[C@@H](CN)NS(=O)(=O)c1cnn(C)c1.Cl. The van der Waals surface area contributed by atoms with Crippen LogP contribution in [0.5, 0.6) is 0 Å². The van der Waals surface area contributed by atoms with Gasteiger partial charge in [0.05, 0.1) is 6.20 Å². The van der Waals surface area contributed by atoms with E-state index in [4.69, 9.17) is 5.73 Å². The predicted molar refractivity (Wildman–Crippen MR) is 59.3 cm³/mol. The molecule has 0 radical (unpaired) electrons. The molecule has 0 unspecified atom stereocenters. The lowest BCUT2D eigenvalue weighted by molar-refractivity contribution is 0.562. The van der Waals surface area contributed by atoms with E-state index in [1.54, 1.807) is 14.0 Å². The zero-order valence-electron chi connectivity index (χ0n) is 8.54. The maximum Gasteiger partial charge on any atom is 0.243 e. The smallest absolute Gasteiger partial charge is 0.243 e. The quantitative estimate of drug-likeness (QED) is 0.756. The topological polar surface area (TPSA) is 90.0 Å². The van der Waals surface area contributed by atoms with Crippen LogP contribution in [0.15, 0.2) is 17.3 Å². The van der Waals surface area contributed by atoms with Gasteiger partial charge in [-0.1, -0.05) is 0 Å². The molecule has 0 aromatic carbocycles. The molecule has 0 saturated carbocycles. The fourth-order valence-corrected chi connectivity index (χ4v) is 2.16. The van der Waals surface area contributed by atoms with E-state index in [1.807, 2.05) is 0 Å². The molecule has 6 nitrogen and oxygen atoms in total. The standard InChI is InChI=1S/C7H14N4O2S.ClH/c1-6(3-8)10-14(12,13)7-4-9-11(2)5-7;/h4-6,10H,3,8H2,1-2H3;1H/t6-;/m0./s1. The van der Waals surface area contributed by atoms with Crippen LogP contribution in [0.25, 0.3) is 0 Å². The lowest BCUT2D eigenvalue weighted by Gasteiger charge is -2.09. The molecule has 15 heavy (non-hydrogen) atoms. The van der Waals surface area contributed by atoms with Crippen molar-refractivity contribution in [2.45, 2.75) is 17.9 Å². The highest BCUT2D eigenvalue weighted by molar-refractivity contribution is 7.89. The predicted octanol–water partition coefficient (Wildman–Crippen LogP) is -0.533. The number of nitrogens with two attached hydrogens (primary N) is 1. The molecule has 0 aliphatic heterocycles. The summed E-state index contributed by atoms with van der Waals surface area (Å²) in [5.74, 6) is 0. The highest BCUT2D eigenvalue weighted by Crippen LogP contribution is 2.06. The zero-order chi connectivity index (χ0) is 10.8. The molecule has 1 atom stereocenters. The van der Waals surface area contributed by atoms with Crippen molar-refractivity contribution >= 4 is 22.4 Å². The molecule has 8 heteroatoms. The van der Waals surface area contributed by atoms with Crippen molar-refractivity contribution in [3.63, 3.8) is 0 Å². The molecule has 0 bridgehead atoms. The van der Waals surface area contributed by atoms with E-state index in [1.165, 1.54) is 17.1 Å². The Labute approximate surface area is 95.3 Å². The van der Waals surface area contributed by atoms with Gasteiger partial charge >= 0.3 is 0 Å². The highest BCUT2D eigenvalue weighted by atomic mass is 35.5. The average Bonchev–Trinajstić information content (AvgIpc) is 2.51. The number of sulfonamides is 1. The highest BCUT2D eigenvalue weighted by Gasteiger charge is 2.17. The molecule has 1 aromatic heterocycles. The summed E-state index contributed by atoms with van der Waals surface area (Å²) in [6, 6.07) is -0.278. The minimum absolute atomic E-state index is 0. The van der Waals surface area contributed by atoms with Crippen LogP contribution in [-0.2, 0) is 17.1 Å². The van der Waals surface area contributed by atoms with Crippen LogP contribution >= 0.6 is 12.4 Å². The molecule has 1 aromatic rings. The zero-order valence-corrected chi connectivity index (χ0v) is 10.2. The van der Waals surface area contributed by atoms with Gasteiger partial charge in [-0.3, -0.25) is 4.68 Å². The Morgan fingerprint density at radius 3 is 2.67 bits per heavy atom. The first-order valence-electron chi connectivity index (χ1n) is 4.17. The van der Waals surface area contributed by atoms with Gasteiger partial charge < -0.3 is 5.73 Å². The van der Waals surface area contributed by atoms with Crippen LogP contribution in [0.2, 0.25) is 0 Å². The van der Waals surface area contributed by atoms with Crippen molar-refractivity contribution in [3.05, 3.63) is 12.4 Å². The molecule has 0 aliphatic rings. The van der Waals surface area contributed by atoms with E-state index < -0.39 is 10.0 Å². The minimum atomic E-state index is -3.46. The number of hydrogen-bond donors (Lipinski definition) is 2. The van der Waals surface area contributed by atoms with Gasteiger partial charge in [0.15, 0.2) is 0 Å². The van der Waals surface area contributed by atoms with Crippen molar-refractivity contribution in [1.29, 1.82) is 0 Å². The summed E-state index contributed by atoms with van der Waals surface area (Å²) < 4.78 is 27.1. The van der Waals surface area contributed by atoms with Crippen LogP contribution < -0.4 is 10.5 Å². The lowest BCUT2D eigenvalue weighted by atomic mass is 10.4. The van der Waals surface area contributed by atoms with Gasteiger partial charge in [0.1, 0.15) is 4.90 Å². The summed E-state index contributed by atoms with van der Waals surface area (Å²) in [6.07, 6.45) is 2.73. The monoisotopic (exact) mass is 254 g/mol. The number of nitrogens with zero attached hydrogens (tertiary/aromatic N) is 2. The summed E-state index contributed by atoms with van der Waals surface area (Å²) in [5, 5.41) is 3.78. The first-order valence-corrected chi connectivity index (χ1v) is 5.65. The Kier molecular flexibility index (Phi) is 5.22. The first kappa shape index (κ1) is 14.4. The molecule has 0 amide bonds. The Morgan fingerprint density at radius 2 is 2.27 bits per heavy atom. The van der Waals surface area contributed by atoms with Crippen LogP contribution in [0.4, 0.5) is 0 Å². The molecular weight excluding hydrogens is 240 g/mol. The van der Waals surface area contributed by atoms with Crippen molar-refractivity contribution in [3.8, 4) is 0 Å². The second kappa shape index (κ2) is 5.45. The van der Waals surface area contributed by atoms with E-state index in [9.17, 15) is 8.42 Å². The maximum atomic E-state index is 11.6. The molecule has 88 valence electrons. The third kappa shape index (κ3) is 3.78. The van der Waals surface area contributed by atoms with E-state index in [0.29, 0.717) is 0 Å². The second-order valence-corrected chi connectivity index (χ2v) is 4.82. The molecular formula is C7H15ClN4O2S. The van der Waals surface area contributed by atoms with Crippen LogP contribution in [0.3, 0.4) is 0 Å². The third-order valence-corrected chi connectivity index (χ3v) is 3.25. The summed E-state index contributed by atoms with van der Waals surface area (Å²) in [7, 11) is -1.81. The minimum Gasteiger partial charge on any atom is -0.329 e. The number of nitrogens with one attached hydrogen (secondary N) is 1. The number of aromatic nitrogens is 2. The number of halogens is 1. The fraction of sp³-hybridized carbons (Fsp3) is 0.571. The molecule has 0 saturated heterocycles. The lowest BCUT2D eigenvalue weighted by Crippen LogP contribution is -2.37. The molecule has 0 aliphatic carbocycles. The van der Waals surface area contributed by atoms with Gasteiger partial charge in [-0.05, 0) is 6.92 Å². The summed E-state index contributed by atoms with van der Waals surface area (Å²) >= 11 is 0. The number of hydrogen-bond acceptors (Lipinski definition) is 4. The summed E-state index contributed by atoms with van der Waals surface area (Å²) in [4.78, 5) is 0.153. The van der Waals surface area contributed by atoms with Crippen molar-refractivity contribution in [2.75, 3.05) is 6.54 Å². The van der Waals surface area contributed by atoms with Crippen molar-refractivity contribution in [2.24, 2.45) is 12.8 Å². The van der Waals surface area contributed by atoms with Gasteiger partial charge in [-0.2, -0.15) is 5.10 Å². The first-order chi connectivity index (χ1) is 6.45. The second-order valence-electron chi connectivity index (χ2n) is 3.11. The fourth-order valence-electron chi connectivity index (χ4n) is 0.919. The van der Waals surface area contributed by atoms with Gasteiger partial charge in [0.2, 0.25) is 10.0 Å². The number of aryl methyl sites for hydroxylation is 1. The Balaban J connectivity index is 0.00000196. The normalized spacial score (nSPS) is 13.3. The largest absolute Gasteiger partial charge is 0.329 e. The van der Waals surface area contributed by atoms with Crippen LogP contribution in [0, 0.1) is 0 Å². The van der Waals surface area contributed by atoms with E-state index in [0.717, 1.165) is 0 Å². The summed E-state index contributed by atoms with van der Waals surface area (Å²) in [5.41, 5.74) is 5.31.